The number of aryl methyl sites for hydroxylation is 2. The first-order chi connectivity index (χ1) is 13.4. The van der Waals surface area contributed by atoms with Crippen molar-refractivity contribution in [1.82, 2.24) is 9.88 Å². The largest absolute Gasteiger partial charge is 0.507 e. The second-order valence-electron chi connectivity index (χ2n) is 6.91. The number of aliphatic hydroxyl groups excluding tert-OH is 1. The number of carbonyl (C=O) groups excluding carboxylic acids is 2. The van der Waals surface area contributed by atoms with Crippen LogP contribution < -0.4 is 4.74 Å². The third-order valence-electron chi connectivity index (χ3n) is 5.02. The number of Topliss-reactive ketones (excluding diaryl/α,β-unsaturated/α-hetero) is 1. The quantitative estimate of drug-likeness (QED) is 0.488. The normalized spacial score (nSPS) is 18.6. The Labute approximate surface area is 164 Å². The van der Waals surface area contributed by atoms with E-state index < -0.39 is 17.7 Å². The molecule has 1 aromatic carbocycles. The van der Waals surface area contributed by atoms with Crippen LogP contribution in [0.3, 0.4) is 0 Å². The van der Waals surface area contributed by atoms with Crippen molar-refractivity contribution >= 4 is 17.4 Å². The fourth-order valence-corrected chi connectivity index (χ4v) is 3.65. The van der Waals surface area contributed by atoms with E-state index in [1.165, 1.54) is 4.90 Å². The van der Waals surface area contributed by atoms with Gasteiger partial charge in [-0.25, -0.2) is 0 Å². The molecule has 28 heavy (non-hydrogen) atoms. The molecule has 0 spiro atoms. The lowest BCUT2D eigenvalue weighted by Crippen LogP contribution is -2.30. The van der Waals surface area contributed by atoms with Crippen molar-refractivity contribution in [1.29, 1.82) is 0 Å². The van der Waals surface area contributed by atoms with E-state index in [1.54, 1.807) is 37.7 Å². The molecule has 1 amide bonds. The highest BCUT2D eigenvalue weighted by molar-refractivity contribution is 6.46. The maximum Gasteiger partial charge on any atom is 0.295 e. The van der Waals surface area contributed by atoms with Crippen molar-refractivity contribution in [2.45, 2.75) is 33.2 Å². The minimum absolute atomic E-state index is 0.109. The lowest BCUT2D eigenvalue weighted by molar-refractivity contribution is -0.139. The van der Waals surface area contributed by atoms with Crippen molar-refractivity contribution in [3.8, 4) is 5.75 Å². The maximum atomic E-state index is 12.9. The zero-order valence-corrected chi connectivity index (χ0v) is 16.5. The zero-order valence-electron chi connectivity index (χ0n) is 16.5. The highest BCUT2D eigenvalue weighted by Crippen LogP contribution is 2.40. The second kappa shape index (κ2) is 7.84. The molecule has 6 nitrogen and oxygen atoms in total. The number of hydrogen-bond acceptors (Lipinski definition) is 5. The molecule has 1 atom stereocenters. The van der Waals surface area contributed by atoms with E-state index >= 15 is 0 Å². The number of hydrogen-bond donors (Lipinski definition) is 1. The smallest absolute Gasteiger partial charge is 0.295 e. The molecule has 0 bridgehead atoms. The van der Waals surface area contributed by atoms with E-state index in [2.05, 4.69) is 4.98 Å². The predicted octanol–water partition coefficient (Wildman–Crippen LogP) is 3.54. The summed E-state index contributed by atoms with van der Waals surface area (Å²) in [5.74, 6) is -0.720. The van der Waals surface area contributed by atoms with Crippen LogP contribution in [0.15, 0.2) is 42.2 Å². The van der Waals surface area contributed by atoms with Crippen molar-refractivity contribution in [2.24, 2.45) is 0 Å². The molecule has 3 rings (SSSR count). The van der Waals surface area contributed by atoms with Crippen LogP contribution in [0.1, 0.15) is 41.6 Å². The van der Waals surface area contributed by atoms with Crippen molar-refractivity contribution < 1.29 is 19.4 Å². The van der Waals surface area contributed by atoms with Crippen LogP contribution in [-0.2, 0) is 9.59 Å². The van der Waals surface area contributed by atoms with Crippen molar-refractivity contribution in [3.05, 3.63) is 64.5 Å². The van der Waals surface area contributed by atoms with Gasteiger partial charge in [0.05, 0.1) is 18.7 Å². The molecule has 1 unspecified atom stereocenters. The summed E-state index contributed by atoms with van der Waals surface area (Å²) < 4.78 is 5.33. The summed E-state index contributed by atoms with van der Waals surface area (Å²) in [5.41, 5.74) is 2.96. The Kier molecular flexibility index (Phi) is 5.49. The number of methoxy groups -OCH3 is 1. The molecule has 1 aliphatic heterocycles. The Hall–Kier alpha value is -3.15. The summed E-state index contributed by atoms with van der Waals surface area (Å²) in [4.78, 5) is 31.1. The van der Waals surface area contributed by atoms with Crippen molar-refractivity contribution in [2.75, 3.05) is 13.7 Å². The van der Waals surface area contributed by atoms with Gasteiger partial charge in [0.1, 0.15) is 11.5 Å². The van der Waals surface area contributed by atoms with Gasteiger partial charge in [-0.2, -0.15) is 0 Å². The van der Waals surface area contributed by atoms with Gasteiger partial charge < -0.3 is 14.7 Å². The molecular formula is C22H24N2O4. The first kappa shape index (κ1) is 19.6. The van der Waals surface area contributed by atoms with E-state index in [4.69, 9.17) is 4.74 Å². The number of ketones is 1. The molecule has 1 saturated heterocycles. The topological polar surface area (TPSA) is 79.7 Å². The zero-order chi connectivity index (χ0) is 20.4. The summed E-state index contributed by atoms with van der Waals surface area (Å²) >= 11 is 0. The molecule has 1 fully saturated rings. The Morgan fingerprint density at radius 3 is 2.46 bits per heavy atom. The van der Waals surface area contributed by atoms with Crippen LogP contribution in [-0.4, -0.2) is 40.3 Å². The van der Waals surface area contributed by atoms with Gasteiger partial charge in [-0.3, -0.25) is 14.6 Å². The highest BCUT2D eigenvalue weighted by Gasteiger charge is 2.45. The average molecular weight is 380 g/mol. The third-order valence-corrected chi connectivity index (χ3v) is 5.02. The minimum Gasteiger partial charge on any atom is -0.507 e. The molecule has 146 valence electrons. The Morgan fingerprint density at radius 1 is 1.18 bits per heavy atom. The van der Waals surface area contributed by atoms with E-state index in [0.717, 1.165) is 16.7 Å². The number of aromatic nitrogens is 1. The van der Waals surface area contributed by atoms with Crippen molar-refractivity contribution in [3.63, 3.8) is 0 Å². The standard InChI is InChI=1S/C22H24N2O4/c1-5-10-24-19(15-6-8-23-9-7-15)18(21(26)22(24)27)20(25)16-11-14(3)17(28-4)12-13(16)2/h6-9,11-12,19,25H,5,10H2,1-4H3/b20-18+. The molecule has 0 saturated carbocycles. The fourth-order valence-electron chi connectivity index (χ4n) is 3.65. The van der Waals surface area contributed by atoms with Gasteiger partial charge in [0.2, 0.25) is 0 Å². The highest BCUT2D eigenvalue weighted by atomic mass is 16.5. The number of rotatable bonds is 5. The molecule has 2 aromatic rings. The Bertz CT molecular complexity index is 951. The van der Waals surface area contributed by atoms with Gasteiger partial charge >= 0.3 is 0 Å². The lowest BCUT2D eigenvalue weighted by Gasteiger charge is -2.25. The number of amides is 1. The van der Waals surface area contributed by atoms with Gasteiger partial charge in [-0.1, -0.05) is 6.92 Å². The van der Waals surface area contributed by atoms with Crippen LogP contribution in [0, 0.1) is 13.8 Å². The Balaban J connectivity index is 2.22. The van der Waals surface area contributed by atoms with E-state index in [9.17, 15) is 14.7 Å². The van der Waals surface area contributed by atoms with E-state index in [0.29, 0.717) is 24.3 Å². The van der Waals surface area contributed by atoms with E-state index in [1.807, 2.05) is 26.8 Å². The summed E-state index contributed by atoms with van der Waals surface area (Å²) in [6.07, 6.45) is 3.93. The van der Waals surface area contributed by atoms with Crippen LogP contribution in [0.5, 0.6) is 5.75 Å². The van der Waals surface area contributed by atoms with Gasteiger partial charge in [0.25, 0.3) is 11.7 Å². The van der Waals surface area contributed by atoms with E-state index in [-0.39, 0.29) is 11.3 Å². The van der Waals surface area contributed by atoms with Crippen LogP contribution in [0.4, 0.5) is 0 Å². The summed E-state index contributed by atoms with van der Waals surface area (Å²) in [5, 5.41) is 11.1. The van der Waals surface area contributed by atoms with Gasteiger partial charge in [0, 0.05) is 24.5 Å². The number of benzene rings is 1. The molecule has 6 heteroatoms. The minimum atomic E-state index is -0.666. The summed E-state index contributed by atoms with van der Waals surface area (Å²) in [7, 11) is 1.58. The molecule has 1 aliphatic rings. The Morgan fingerprint density at radius 2 is 1.86 bits per heavy atom. The van der Waals surface area contributed by atoms with Gasteiger partial charge in [0.15, 0.2) is 0 Å². The molecule has 2 heterocycles. The lowest BCUT2D eigenvalue weighted by atomic mass is 9.93. The number of nitrogens with zero attached hydrogens (tertiary/aromatic N) is 2. The molecule has 1 N–H and O–H groups in total. The SMILES string of the molecule is CCCN1C(=O)C(=O)/C(=C(/O)c2cc(C)c(OC)cc2C)C1c1ccncc1. The first-order valence-corrected chi connectivity index (χ1v) is 9.24. The number of pyridine rings is 1. The van der Waals surface area contributed by atoms with Gasteiger partial charge in [-0.05, 0) is 61.2 Å². The number of ether oxygens (including phenoxy) is 1. The predicted molar refractivity (Wildman–Crippen MR) is 106 cm³/mol. The second-order valence-corrected chi connectivity index (χ2v) is 6.91. The van der Waals surface area contributed by atoms with Gasteiger partial charge in [-0.15, -0.1) is 0 Å². The first-order valence-electron chi connectivity index (χ1n) is 9.24. The number of aliphatic hydroxyl groups is 1. The summed E-state index contributed by atoms with van der Waals surface area (Å²) in [6.45, 7) is 6.07. The number of carbonyl (C=O) groups is 2. The van der Waals surface area contributed by atoms with Crippen LogP contribution in [0.2, 0.25) is 0 Å². The van der Waals surface area contributed by atoms with Crippen LogP contribution in [0.25, 0.3) is 5.76 Å². The summed E-state index contributed by atoms with van der Waals surface area (Å²) in [6, 6.07) is 6.48. The molecular weight excluding hydrogens is 356 g/mol. The maximum absolute atomic E-state index is 12.9. The fraction of sp³-hybridized carbons (Fsp3) is 0.318. The average Bonchev–Trinajstić information content (AvgIpc) is 2.95. The molecule has 1 aromatic heterocycles. The van der Waals surface area contributed by atoms with Crippen LogP contribution >= 0.6 is 0 Å². The third kappa shape index (κ3) is 3.26. The monoisotopic (exact) mass is 380 g/mol. The molecule has 0 radical (unpaired) electrons. The molecule has 0 aliphatic carbocycles. The number of likely N-dealkylation sites (tertiary alicyclic amines) is 1.